The highest BCUT2D eigenvalue weighted by Crippen LogP contribution is 2.33. The fourth-order valence-corrected chi connectivity index (χ4v) is 3.01. The number of hydrogen-bond donors (Lipinski definition) is 1. The number of fused-ring (bicyclic) bond motifs is 1. The maximum atomic E-state index is 10.6. The van der Waals surface area contributed by atoms with Gasteiger partial charge in [-0.2, -0.15) is 0 Å². The van der Waals surface area contributed by atoms with E-state index in [9.17, 15) is 5.11 Å². The molecule has 120 valence electrons. The number of hydrogen-bond acceptors (Lipinski definition) is 2. The summed E-state index contributed by atoms with van der Waals surface area (Å²) >= 11 is 0. The lowest BCUT2D eigenvalue weighted by Crippen LogP contribution is -2.28. The minimum absolute atomic E-state index is 0.0706. The monoisotopic (exact) mass is 308 g/mol. The molecule has 0 saturated carbocycles. The summed E-state index contributed by atoms with van der Waals surface area (Å²) in [6.45, 7) is 7.01. The van der Waals surface area contributed by atoms with Gasteiger partial charge in [-0.3, -0.25) is 4.68 Å². The standard InChI is InChI=1S/C20H24N2O/c1-20(2,3)17-10-7-9-16(19(17)23)14-21(4)22-13-12-15-8-5-6-11-18(15)22/h5-13,23H,14H2,1-4H3. The van der Waals surface area contributed by atoms with E-state index in [4.69, 9.17) is 0 Å². The van der Waals surface area contributed by atoms with Gasteiger partial charge >= 0.3 is 0 Å². The Kier molecular flexibility index (Phi) is 3.80. The highest BCUT2D eigenvalue weighted by atomic mass is 16.3. The Morgan fingerprint density at radius 1 is 1.00 bits per heavy atom. The van der Waals surface area contributed by atoms with Crippen molar-refractivity contribution in [3.05, 3.63) is 65.9 Å². The molecular formula is C20H24N2O. The number of para-hydroxylation sites is 2. The number of aromatic hydroxyl groups is 1. The average Bonchev–Trinajstić information content (AvgIpc) is 2.92. The van der Waals surface area contributed by atoms with E-state index in [0.717, 1.165) is 11.1 Å². The minimum atomic E-state index is -0.0706. The second-order valence-corrected chi connectivity index (χ2v) is 7.10. The average molecular weight is 308 g/mol. The highest BCUT2D eigenvalue weighted by Gasteiger charge is 2.20. The molecule has 0 aliphatic rings. The molecule has 3 nitrogen and oxygen atoms in total. The van der Waals surface area contributed by atoms with Crippen LogP contribution in [0.1, 0.15) is 31.9 Å². The molecule has 23 heavy (non-hydrogen) atoms. The zero-order chi connectivity index (χ0) is 16.6. The molecule has 1 heterocycles. The van der Waals surface area contributed by atoms with E-state index in [2.05, 4.69) is 54.9 Å². The number of phenols is 1. The summed E-state index contributed by atoms with van der Waals surface area (Å²) in [6, 6.07) is 16.4. The van der Waals surface area contributed by atoms with Crippen LogP contribution in [-0.2, 0) is 12.0 Å². The van der Waals surface area contributed by atoms with E-state index in [1.165, 1.54) is 10.9 Å². The molecule has 3 rings (SSSR count). The first-order valence-electron chi connectivity index (χ1n) is 7.97. The smallest absolute Gasteiger partial charge is 0.124 e. The van der Waals surface area contributed by atoms with Crippen LogP contribution in [0, 0.1) is 0 Å². The van der Waals surface area contributed by atoms with Crippen molar-refractivity contribution < 1.29 is 5.11 Å². The Labute approximate surface area is 137 Å². The van der Waals surface area contributed by atoms with Gasteiger partial charge in [0.1, 0.15) is 5.75 Å². The first kappa shape index (κ1) is 15.5. The van der Waals surface area contributed by atoms with Crippen LogP contribution in [-0.4, -0.2) is 16.8 Å². The lowest BCUT2D eigenvalue weighted by atomic mass is 9.85. The van der Waals surface area contributed by atoms with Gasteiger partial charge in [0.15, 0.2) is 0 Å². The normalized spacial score (nSPS) is 11.8. The fraction of sp³-hybridized carbons (Fsp3) is 0.300. The Morgan fingerprint density at radius 3 is 2.48 bits per heavy atom. The van der Waals surface area contributed by atoms with Gasteiger partial charge in [0, 0.05) is 24.2 Å². The quantitative estimate of drug-likeness (QED) is 0.776. The molecular weight excluding hydrogens is 284 g/mol. The van der Waals surface area contributed by atoms with Crippen molar-refractivity contribution in [1.82, 2.24) is 4.68 Å². The summed E-state index contributed by atoms with van der Waals surface area (Å²) in [7, 11) is 2.04. The maximum Gasteiger partial charge on any atom is 0.124 e. The van der Waals surface area contributed by atoms with Crippen LogP contribution in [0.4, 0.5) is 0 Å². The van der Waals surface area contributed by atoms with Crippen molar-refractivity contribution in [2.45, 2.75) is 32.7 Å². The summed E-state index contributed by atoms with van der Waals surface area (Å²) in [6.07, 6.45) is 2.06. The number of rotatable bonds is 3. The first-order chi connectivity index (χ1) is 10.9. The Balaban J connectivity index is 1.93. The van der Waals surface area contributed by atoms with Crippen LogP contribution in [0.3, 0.4) is 0 Å². The van der Waals surface area contributed by atoms with Gasteiger partial charge in [0.25, 0.3) is 0 Å². The molecule has 0 atom stereocenters. The molecule has 2 aromatic carbocycles. The van der Waals surface area contributed by atoms with Gasteiger partial charge in [0.2, 0.25) is 0 Å². The molecule has 0 fully saturated rings. The molecule has 0 amide bonds. The van der Waals surface area contributed by atoms with Crippen molar-refractivity contribution >= 4 is 10.9 Å². The van der Waals surface area contributed by atoms with Gasteiger partial charge in [-0.05, 0) is 23.1 Å². The Hall–Kier alpha value is -2.42. The second kappa shape index (κ2) is 5.65. The summed E-state index contributed by atoms with van der Waals surface area (Å²) in [4.78, 5) is 0. The van der Waals surface area contributed by atoms with Gasteiger partial charge in [0.05, 0.1) is 12.1 Å². The zero-order valence-electron chi connectivity index (χ0n) is 14.2. The molecule has 0 bridgehead atoms. The van der Waals surface area contributed by atoms with Crippen molar-refractivity contribution in [1.29, 1.82) is 0 Å². The van der Waals surface area contributed by atoms with E-state index in [-0.39, 0.29) is 5.41 Å². The van der Waals surface area contributed by atoms with E-state index in [1.54, 1.807) is 0 Å². The Morgan fingerprint density at radius 2 is 1.74 bits per heavy atom. The van der Waals surface area contributed by atoms with Crippen LogP contribution in [0.15, 0.2) is 54.7 Å². The fourth-order valence-electron chi connectivity index (χ4n) is 3.01. The van der Waals surface area contributed by atoms with E-state index < -0.39 is 0 Å². The largest absolute Gasteiger partial charge is 0.507 e. The molecule has 0 aliphatic heterocycles. The first-order valence-corrected chi connectivity index (χ1v) is 7.97. The van der Waals surface area contributed by atoms with Crippen LogP contribution in [0.2, 0.25) is 0 Å². The highest BCUT2D eigenvalue weighted by molar-refractivity contribution is 5.80. The van der Waals surface area contributed by atoms with Crippen molar-refractivity contribution in [3.63, 3.8) is 0 Å². The second-order valence-electron chi connectivity index (χ2n) is 7.10. The van der Waals surface area contributed by atoms with Gasteiger partial charge in [-0.15, -0.1) is 0 Å². The zero-order valence-corrected chi connectivity index (χ0v) is 14.2. The minimum Gasteiger partial charge on any atom is -0.507 e. The van der Waals surface area contributed by atoms with E-state index in [1.807, 2.05) is 37.4 Å². The molecule has 0 aliphatic carbocycles. The predicted octanol–water partition coefficient (Wildman–Crippen LogP) is 4.41. The van der Waals surface area contributed by atoms with Crippen LogP contribution >= 0.6 is 0 Å². The van der Waals surface area contributed by atoms with E-state index in [0.29, 0.717) is 12.3 Å². The van der Waals surface area contributed by atoms with Crippen LogP contribution < -0.4 is 5.01 Å². The summed E-state index contributed by atoms with van der Waals surface area (Å²) in [5.74, 6) is 0.406. The number of phenolic OH excluding ortho intramolecular Hbond substituents is 1. The summed E-state index contributed by atoms with van der Waals surface area (Å²) in [5, 5.41) is 14.0. The van der Waals surface area contributed by atoms with Gasteiger partial charge in [-0.1, -0.05) is 57.2 Å². The molecule has 0 radical (unpaired) electrons. The van der Waals surface area contributed by atoms with Gasteiger partial charge < -0.3 is 10.1 Å². The molecule has 1 N–H and O–H groups in total. The number of nitrogens with zero attached hydrogens (tertiary/aromatic N) is 2. The topological polar surface area (TPSA) is 28.4 Å². The Bertz CT molecular complexity index is 827. The lowest BCUT2D eigenvalue weighted by Gasteiger charge is -2.25. The number of aromatic nitrogens is 1. The van der Waals surface area contributed by atoms with Crippen molar-refractivity contribution in [3.8, 4) is 5.75 Å². The van der Waals surface area contributed by atoms with Crippen LogP contribution in [0.5, 0.6) is 5.75 Å². The summed E-state index contributed by atoms with van der Waals surface area (Å²) in [5.41, 5.74) is 3.03. The summed E-state index contributed by atoms with van der Waals surface area (Å²) < 4.78 is 2.12. The molecule has 0 saturated heterocycles. The van der Waals surface area contributed by atoms with Crippen LogP contribution in [0.25, 0.3) is 10.9 Å². The van der Waals surface area contributed by atoms with Crippen molar-refractivity contribution in [2.75, 3.05) is 12.1 Å². The third-order valence-corrected chi connectivity index (χ3v) is 4.27. The molecule has 0 unspecified atom stereocenters. The van der Waals surface area contributed by atoms with Crippen molar-refractivity contribution in [2.24, 2.45) is 0 Å². The third kappa shape index (κ3) is 2.91. The third-order valence-electron chi connectivity index (χ3n) is 4.27. The van der Waals surface area contributed by atoms with Gasteiger partial charge in [-0.25, -0.2) is 0 Å². The van der Waals surface area contributed by atoms with E-state index >= 15 is 0 Å². The predicted molar refractivity (Wildman–Crippen MR) is 96.6 cm³/mol. The molecule has 3 aromatic rings. The SMILES string of the molecule is CN(Cc1cccc(C(C)(C)C)c1O)n1ccc2ccccc21. The molecule has 1 aromatic heterocycles. The molecule has 0 spiro atoms. The number of benzene rings is 2. The lowest BCUT2D eigenvalue weighted by molar-refractivity contribution is 0.438. The molecule has 3 heteroatoms. The maximum absolute atomic E-state index is 10.6.